The summed E-state index contributed by atoms with van der Waals surface area (Å²) in [6, 6.07) is 2.02. The van der Waals surface area contributed by atoms with Gasteiger partial charge in [0, 0.05) is 18.7 Å². The average Bonchev–Trinajstić information content (AvgIpc) is 3.45. The van der Waals surface area contributed by atoms with E-state index in [1.165, 1.54) is 32.4 Å². The van der Waals surface area contributed by atoms with Crippen LogP contribution in [0.1, 0.15) is 64.9 Å². The van der Waals surface area contributed by atoms with Crippen molar-refractivity contribution in [3.63, 3.8) is 0 Å². The van der Waals surface area contributed by atoms with Crippen LogP contribution in [0.5, 0.6) is 5.88 Å². The molecule has 5 heteroatoms. The Bertz CT molecular complexity index is 614. The highest BCUT2D eigenvalue weighted by molar-refractivity contribution is 5.95. The van der Waals surface area contributed by atoms with Crippen LogP contribution in [0.2, 0.25) is 0 Å². The number of anilines is 1. The molecule has 0 spiro atoms. The maximum atomic E-state index is 12.2. The smallest absolute Gasteiger partial charge is 0.237 e. The van der Waals surface area contributed by atoms with E-state index in [9.17, 15) is 4.79 Å². The van der Waals surface area contributed by atoms with Gasteiger partial charge in [-0.25, -0.2) is 4.98 Å². The van der Waals surface area contributed by atoms with Crippen molar-refractivity contribution in [1.82, 2.24) is 9.88 Å². The van der Waals surface area contributed by atoms with Gasteiger partial charge in [-0.15, -0.1) is 0 Å². The number of piperidine rings is 1. The molecule has 0 atom stereocenters. The Balaban J connectivity index is 1.59. The number of pyridine rings is 1. The van der Waals surface area contributed by atoms with Crippen LogP contribution in [0, 0.1) is 5.92 Å². The number of rotatable bonds is 7. The third kappa shape index (κ3) is 5.44. The highest BCUT2D eigenvalue weighted by Gasteiger charge is 2.30. The summed E-state index contributed by atoms with van der Waals surface area (Å²) in [5, 5.41) is 3.04. The van der Waals surface area contributed by atoms with Gasteiger partial charge in [-0.1, -0.05) is 27.2 Å². The molecule has 1 aliphatic carbocycles. The third-order valence-corrected chi connectivity index (χ3v) is 5.23. The molecule has 1 saturated heterocycles. The van der Waals surface area contributed by atoms with Gasteiger partial charge in [0.2, 0.25) is 11.8 Å². The van der Waals surface area contributed by atoms with Gasteiger partial charge >= 0.3 is 0 Å². The summed E-state index contributed by atoms with van der Waals surface area (Å²) in [6.45, 7) is 10.6. The maximum Gasteiger partial charge on any atom is 0.237 e. The van der Waals surface area contributed by atoms with Gasteiger partial charge in [0.1, 0.15) is 5.69 Å². The first-order valence-corrected chi connectivity index (χ1v) is 10.1. The molecule has 0 radical (unpaired) electrons. The molecule has 2 heterocycles. The largest absolute Gasteiger partial charge is 0.476 e. The highest BCUT2D eigenvalue weighted by Crippen LogP contribution is 2.33. The van der Waals surface area contributed by atoms with Crippen molar-refractivity contribution < 1.29 is 9.53 Å². The predicted molar refractivity (Wildman–Crippen MR) is 105 cm³/mol. The standard InChI is InChI=1S/C21H33N3O2/c1-21(2,3)17-14-18(23-19(25)16-8-9-16)20(22-15-17)26-13-7-12-24-10-5-4-6-11-24/h14-16H,4-13H2,1-3H3,(H,23,25). The van der Waals surface area contributed by atoms with Crippen LogP contribution in [-0.4, -0.2) is 42.0 Å². The van der Waals surface area contributed by atoms with E-state index in [-0.39, 0.29) is 17.2 Å². The van der Waals surface area contributed by atoms with Crippen LogP contribution in [0.3, 0.4) is 0 Å². The van der Waals surface area contributed by atoms with Gasteiger partial charge in [0.15, 0.2) is 0 Å². The van der Waals surface area contributed by atoms with Gasteiger partial charge in [-0.3, -0.25) is 4.79 Å². The van der Waals surface area contributed by atoms with Gasteiger partial charge in [0.05, 0.1) is 6.61 Å². The molecule has 1 aromatic heterocycles. The minimum atomic E-state index is -0.0150. The van der Waals surface area contributed by atoms with E-state index in [1.54, 1.807) is 0 Å². The molecule has 1 saturated carbocycles. The Hall–Kier alpha value is -1.62. The van der Waals surface area contributed by atoms with Gasteiger partial charge in [-0.05, 0) is 62.2 Å². The van der Waals surface area contributed by atoms with Crippen LogP contribution < -0.4 is 10.1 Å². The Morgan fingerprint density at radius 2 is 2.00 bits per heavy atom. The molecule has 5 nitrogen and oxygen atoms in total. The first kappa shape index (κ1) is 19.2. The summed E-state index contributed by atoms with van der Waals surface area (Å²) < 4.78 is 5.94. The summed E-state index contributed by atoms with van der Waals surface area (Å²) in [5.74, 6) is 0.807. The molecule has 0 aromatic carbocycles. The summed E-state index contributed by atoms with van der Waals surface area (Å²) in [6.07, 6.45) is 8.82. The fourth-order valence-corrected chi connectivity index (χ4v) is 3.29. The van der Waals surface area contributed by atoms with Gasteiger partial charge in [0.25, 0.3) is 0 Å². The van der Waals surface area contributed by atoms with Crippen LogP contribution >= 0.6 is 0 Å². The fraction of sp³-hybridized carbons (Fsp3) is 0.714. The zero-order chi connectivity index (χ0) is 18.6. The molecule has 26 heavy (non-hydrogen) atoms. The number of likely N-dealkylation sites (tertiary alicyclic amines) is 1. The molecule has 1 amide bonds. The Morgan fingerprint density at radius 1 is 1.27 bits per heavy atom. The van der Waals surface area contributed by atoms with E-state index in [0.29, 0.717) is 18.2 Å². The molecule has 144 valence electrons. The summed E-state index contributed by atoms with van der Waals surface area (Å²) >= 11 is 0. The SMILES string of the molecule is CC(C)(C)c1cnc(OCCCN2CCCCC2)c(NC(=O)C2CC2)c1. The summed E-state index contributed by atoms with van der Waals surface area (Å²) in [4.78, 5) is 19.2. The van der Waals surface area contributed by atoms with E-state index in [1.807, 2.05) is 12.3 Å². The second kappa shape index (κ2) is 8.38. The van der Waals surface area contributed by atoms with Crippen molar-refractivity contribution in [2.75, 3.05) is 31.6 Å². The van der Waals surface area contributed by atoms with Crippen LogP contribution in [0.25, 0.3) is 0 Å². The number of amides is 1. The first-order valence-electron chi connectivity index (χ1n) is 10.1. The number of hydrogen-bond donors (Lipinski definition) is 1. The molecule has 1 aliphatic heterocycles. The van der Waals surface area contributed by atoms with E-state index in [0.717, 1.165) is 31.4 Å². The van der Waals surface area contributed by atoms with Crippen molar-refractivity contribution in [1.29, 1.82) is 0 Å². The fourth-order valence-electron chi connectivity index (χ4n) is 3.29. The lowest BCUT2D eigenvalue weighted by atomic mass is 9.88. The molecule has 2 aliphatic rings. The average molecular weight is 360 g/mol. The van der Waals surface area contributed by atoms with Crippen molar-refractivity contribution >= 4 is 11.6 Å². The van der Waals surface area contributed by atoms with Crippen molar-refractivity contribution in [2.45, 2.75) is 64.7 Å². The van der Waals surface area contributed by atoms with E-state index >= 15 is 0 Å². The van der Waals surface area contributed by atoms with Gasteiger partial charge in [-0.2, -0.15) is 0 Å². The van der Waals surface area contributed by atoms with Crippen molar-refractivity contribution in [2.24, 2.45) is 5.92 Å². The quantitative estimate of drug-likeness (QED) is 0.748. The normalized spacial score (nSPS) is 18.6. The molecule has 1 aromatic rings. The Morgan fingerprint density at radius 3 is 2.65 bits per heavy atom. The zero-order valence-corrected chi connectivity index (χ0v) is 16.5. The Labute approximate surface area is 157 Å². The van der Waals surface area contributed by atoms with Gasteiger partial charge < -0.3 is 15.0 Å². The van der Waals surface area contributed by atoms with Crippen LogP contribution in [0.4, 0.5) is 5.69 Å². The lowest BCUT2D eigenvalue weighted by molar-refractivity contribution is -0.117. The van der Waals surface area contributed by atoms with Crippen molar-refractivity contribution in [3.8, 4) is 5.88 Å². The molecular weight excluding hydrogens is 326 g/mol. The minimum absolute atomic E-state index is 0.0150. The summed E-state index contributed by atoms with van der Waals surface area (Å²) in [7, 11) is 0. The number of carbonyl (C=O) groups is 1. The number of aromatic nitrogens is 1. The number of ether oxygens (including phenoxy) is 1. The Kier molecular flexibility index (Phi) is 6.17. The maximum absolute atomic E-state index is 12.2. The monoisotopic (exact) mass is 359 g/mol. The minimum Gasteiger partial charge on any atom is -0.476 e. The molecule has 0 unspecified atom stereocenters. The molecule has 2 fully saturated rings. The molecular formula is C21H33N3O2. The third-order valence-electron chi connectivity index (χ3n) is 5.23. The molecule has 3 rings (SSSR count). The number of carbonyl (C=O) groups excluding carboxylic acids is 1. The second-order valence-corrected chi connectivity index (χ2v) is 8.69. The van der Waals surface area contributed by atoms with E-state index < -0.39 is 0 Å². The predicted octanol–water partition coefficient (Wildman–Crippen LogP) is 3.98. The van der Waals surface area contributed by atoms with E-state index in [2.05, 4.69) is 36.0 Å². The number of nitrogens with zero attached hydrogens (tertiary/aromatic N) is 2. The van der Waals surface area contributed by atoms with Crippen LogP contribution in [0.15, 0.2) is 12.3 Å². The topological polar surface area (TPSA) is 54.5 Å². The molecule has 1 N–H and O–H groups in total. The first-order chi connectivity index (χ1) is 12.4. The van der Waals surface area contributed by atoms with Crippen molar-refractivity contribution in [3.05, 3.63) is 17.8 Å². The summed E-state index contributed by atoms with van der Waals surface area (Å²) in [5.41, 5.74) is 1.80. The molecule has 0 bridgehead atoms. The lowest BCUT2D eigenvalue weighted by Gasteiger charge is -2.26. The number of hydrogen-bond acceptors (Lipinski definition) is 4. The number of nitrogens with one attached hydrogen (secondary N) is 1. The van der Waals surface area contributed by atoms with E-state index in [4.69, 9.17) is 4.74 Å². The highest BCUT2D eigenvalue weighted by atomic mass is 16.5. The second-order valence-electron chi connectivity index (χ2n) is 8.69. The zero-order valence-electron chi connectivity index (χ0n) is 16.5. The lowest BCUT2D eigenvalue weighted by Crippen LogP contribution is -2.31. The van der Waals surface area contributed by atoms with Crippen LogP contribution in [-0.2, 0) is 10.2 Å².